The van der Waals surface area contributed by atoms with Crippen LogP contribution in [0.3, 0.4) is 0 Å². The first-order valence-electron chi connectivity index (χ1n) is 7.35. The van der Waals surface area contributed by atoms with E-state index in [9.17, 15) is 0 Å². The Morgan fingerprint density at radius 1 is 1.00 bits per heavy atom. The Morgan fingerprint density at radius 2 is 1.86 bits per heavy atom. The maximum atomic E-state index is 4.73. The SMILES string of the molecule is Cc1c2c(cc3nc4cccnc4n13)c1ccccc1n2C. The quantitative estimate of drug-likeness (QED) is 0.433. The fraction of sp³-hybridized carbons (Fsp3) is 0.111. The van der Waals surface area contributed by atoms with E-state index in [0.717, 1.165) is 16.8 Å². The van der Waals surface area contributed by atoms with Crippen molar-refractivity contribution in [3.63, 3.8) is 0 Å². The topological polar surface area (TPSA) is 35.1 Å². The minimum Gasteiger partial charge on any atom is -0.342 e. The van der Waals surface area contributed by atoms with Crippen LogP contribution < -0.4 is 0 Å². The van der Waals surface area contributed by atoms with Crippen LogP contribution in [-0.4, -0.2) is 18.9 Å². The van der Waals surface area contributed by atoms with Gasteiger partial charge < -0.3 is 4.57 Å². The molecule has 0 saturated carbocycles. The highest BCUT2D eigenvalue weighted by Gasteiger charge is 2.15. The Kier molecular flexibility index (Phi) is 2.06. The normalized spacial score (nSPS) is 12.1. The summed E-state index contributed by atoms with van der Waals surface area (Å²) in [6.07, 6.45) is 1.82. The number of hydrogen-bond donors (Lipinski definition) is 0. The van der Waals surface area contributed by atoms with Gasteiger partial charge in [0, 0.05) is 35.2 Å². The number of fused-ring (bicyclic) bond motifs is 6. The van der Waals surface area contributed by atoms with E-state index in [1.165, 1.54) is 27.5 Å². The Bertz CT molecular complexity index is 1190. The van der Waals surface area contributed by atoms with Crippen molar-refractivity contribution in [3.05, 3.63) is 54.4 Å². The number of imidazole rings is 1. The van der Waals surface area contributed by atoms with Gasteiger partial charge in [-0.1, -0.05) is 18.2 Å². The first-order valence-corrected chi connectivity index (χ1v) is 7.35. The van der Waals surface area contributed by atoms with Crippen molar-refractivity contribution in [1.29, 1.82) is 0 Å². The predicted molar refractivity (Wildman–Crippen MR) is 89.2 cm³/mol. The predicted octanol–water partition coefficient (Wildman–Crippen LogP) is 3.84. The highest BCUT2D eigenvalue weighted by atomic mass is 15.1. The molecule has 22 heavy (non-hydrogen) atoms. The molecule has 0 amide bonds. The van der Waals surface area contributed by atoms with Gasteiger partial charge in [0.1, 0.15) is 11.2 Å². The summed E-state index contributed by atoms with van der Waals surface area (Å²) in [6, 6.07) is 14.6. The molecule has 0 N–H and O–H groups in total. The van der Waals surface area contributed by atoms with Crippen LogP contribution in [0.2, 0.25) is 0 Å². The maximum Gasteiger partial charge on any atom is 0.164 e. The Hall–Kier alpha value is -2.88. The number of benzene rings is 1. The molecule has 0 radical (unpaired) electrons. The van der Waals surface area contributed by atoms with Crippen LogP contribution in [0.15, 0.2) is 48.7 Å². The number of hydrogen-bond acceptors (Lipinski definition) is 2. The zero-order valence-electron chi connectivity index (χ0n) is 12.4. The van der Waals surface area contributed by atoms with Crippen molar-refractivity contribution < 1.29 is 0 Å². The summed E-state index contributed by atoms with van der Waals surface area (Å²) in [5.41, 5.74) is 6.46. The van der Waals surface area contributed by atoms with Crippen molar-refractivity contribution in [2.45, 2.75) is 6.92 Å². The Labute approximate surface area is 126 Å². The van der Waals surface area contributed by atoms with E-state index in [2.05, 4.69) is 58.3 Å². The smallest absolute Gasteiger partial charge is 0.164 e. The molecule has 4 aromatic heterocycles. The van der Waals surface area contributed by atoms with Crippen molar-refractivity contribution in [2.24, 2.45) is 7.05 Å². The number of rotatable bonds is 0. The van der Waals surface area contributed by atoms with E-state index in [1.807, 2.05) is 18.3 Å². The molecule has 4 heterocycles. The van der Waals surface area contributed by atoms with Gasteiger partial charge >= 0.3 is 0 Å². The zero-order chi connectivity index (χ0) is 14.8. The van der Waals surface area contributed by atoms with E-state index < -0.39 is 0 Å². The summed E-state index contributed by atoms with van der Waals surface area (Å²) in [4.78, 5) is 9.25. The average Bonchev–Trinajstić information content (AvgIpc) is 3.05. The highest BCUT2D eigenvalue weighted by Crippen LogP contribution is 2.32. The standard InChI is InChI=1S/C18H14N4/c1-11-17-13(12-6-3-4-8-15(12)21(17)2)10-16-20-14-7-5-9-19-18(14)22(11)16/h3-10H,1-2H3. The van der Waals surface area contributed by atoms with Gasteiger partial charge in [-0.2, -0.15) is 0 Å². The molecule has 0 bridgehead atoms. The number of aryl methyl sites for hydroxylation is 2. The first-order chi connectivity index (χ1) is 10.8. The lowest BCUT2D eigenvalue weighted by Gasteiger charge is -2.05. The van der Waals surface area contributed by atoms with Gasteiger partial charge in [0.25, 0.3) is 0 Å². The molecule has 0 unspecified atom stereocenters. The van der Waals surface area contributed by atoms with Crippen LogP contribution in [0.5, 0.6) is 0 Å². The molecule has 4 heteroatoms. The largest absolute Gasteiger partial charge is 0.342 e. The van der Waals surface area contributed by atoms with E-state index in [0.29, 0.717) is 0 Å². The number of aromatic nitrogens is 4. The highest BCUT2D eigenvalue weighted by molar-refractivity contribution is 6.10. The third-order valence-electron chi connectivity index (χ3n) is 4.54. The number of pyridine rings is 2. The van der Waals surface area contributed by atoms with Gasteiger partial charge in [0.05, 0.1) is 5.52 Å². The zero-order valence-corrected chi connectivity index (χ0v) is 12.4. The minimum absolute atomic E-state index is 0.919. The fourth-order valence-corrected chi connectivity index (χ4v) is 3.60. The third kappa shape index (κ3) is 1.27. The average molecular weight is 286 g/mol. The molecule has 0 aliphatic heterocycles. The van der Waals surface area contributed by atoms with Gasteiger partial charge in [0.15, 0.2) is 5.65 Å². The molecule has 0 saturated heterocycles. The van der Waals surface area contributed by atoms with E-state index in [1.54, 1.807) is 0 Å². The van der Waals surface area contributed by atoms with Gasteiger partial charge in [-0.3, -0.25) is 4.40 Å². The second kappa shape index (κ2) is 3.85. The molecular formula is C18H14N4. The summed E-state index contributed by atoms with van der Waals surface area (Å²) in [6.45, 7) is 2.14. The molecule has 0 aliphatic rings. The minimum atomic E-state index is 0.919. The fourth-order valence-electron chi connectivity index (χ4n) is 3.60. The van der Waals surface area contributed by atoms with E-state index >= 15 is 0 Å². The lowest BCUT2D eigenvalue weighted by molar-refractivity contribution is 0.988. The van der Waals surface area contributed by atoms with Crippen molar-refractivity contribution in [3.8, 4) is 0 Å². The van der Waals surface area contributed by atoms with Crippen LogP contribution in [0, 0.1) is 6.92 Å². The molecule has 5 rings (SSSR count). The summed E-state index contributed by atoms with van der Waals surface area (Å²) >= 11 is 0. The van der Waals surface area contributed by atoms with Gasteiger partial charge in [-0.25, -0.2) is 9.97 Å². The van der Waals surface area contributed by atoms with Crippen molar-refractivity contribution in [2.75, 3.05) is 0 Å². The summed E-state index contributed by atoms with van der Waals surface area (Å²) < 4.78 is 4.41. The van der Waals surface area contributed by atoms with Crippen LogP contribution in [0.1, 0.15) is 5.69 Å². The number of nitrogens with zero attached hydrogens (tertiary/aromatic N) is 4. The van der Waals surface area contributed by atoms with Crippen LogP contribution in [0.25, 0.3) is 38.6 Å². The molecule has 0 atom stereocenters. The Morgan fingerprint density at radius 3 is 2.77 bits per heavy atom. The Balaban J connectivity index is 2.13. The summed E-state index contributed by atoms with van der Waals surface area (Å²) in [5.74, 6) is 0. The molecule has 0 fully saturated rings. The molecule has 4 nitrogen and oxygen atoms in total. The third-order valence-corrected chi connectivity index (χ3v) is 4.54. The first kappa shape index (κ1) is 11.7. The van der Waals surface area contributed by atoms with E-state index in [-0.39, 0.29) is 0 Å². The maximum absolute atomic E-state index is 4.73. The molecule has 106 valence electrons. The monoisotopic (exact) mass is 286 g/mol. The molecule has 0 aliphatic carbocycles. The summed E-state index contributed by atoms with van der Waals surface area (Å²) in [7, 11) is 2.12. The lowest BCUT2D eigenvalue weighted by Crippen LogP contribution is -1.97. The van der Waals surface area contributed by atoms with Crippen LogP contribution in [-0.2, 0) is 7.05 Å². The molecular weight excluding hydrogens is 272 g/mol. The van der Waals surface area contributed by atoms with Crippen LogP contribution in [0.4, 0.5) is 0 Å². The molecule has 0 spiro atoms. The number of para-hydroxylation sites is 1. The van der Waals surface area contributed by atoms with Crippen molar-refractivity contribution >= 4 is 38.6 Å². The molecule has 5 aromatic rings. The van der Waals surface area contributed by atoms with Gasteiger partial charge in [-0.15, -0.1) is 0 Å². The molecule has 1 aromatic carbocycles. The van der Waals surface area contributed by atoms with Crippen molar-refractivity contribution in [1.82, 2.24) is 18.9 Å². The second-order valence-electron chi connectivity index (χ2n) is 5.72. The van der Waals surface area contributed by atoms with Gasteiger partial charge in [0.2, 0.25) is 0 Å². The van der Waals surface area contributed by atoms with Gasteiger partial charge in [-0.05, 0) is 31.2 Å². The lowest BCUT2D eigenvalue weighted by atomic mass is 10.1. The van der Waals surface area contributed by atoms with Crippen LogP contribution >= 0.6 is 0 Å². The summed E-state index contributed by atoms with van der Waals surface area (Å²) in [5, 5.41) is 2.52. The second-order valence-corrected chi connectivity index (χ2v) is 5.72. The van der Waals surface area contributed by atoms with E-state index in [4.69, 9.17) is 4.98 Å².